The fraction of sp³-hybridized carbons (Fsp3) is 0.538. The molecule has 0 saturated heterocycles. The van der Waals surface area contributed by atoms with E-state index in [2.05, 4.69) is 36.4 Å². The second-order valence-corrected chi connectivity index (χ2v) is 5.00. The minimum absolute atomic E-state index is 0.782. The van der Waals surface area contributed by atoms with E-state index in [9.17, 15) is 0 Å². The highest BCUT2D eigenvalue weighted by molar-refractivity contribution is 5.64. The SMILES string of the molecule is CN(C)CC1Cc2ccc3c(c21)CCN3. The number of rotatable bonds is 2. The highest BCUT2D eigenvalue weighted by Crippen LogP contribution is 2.42. The van der Waals surface area contributed by atoms with E-state index in [1.807, 2.05) is 0 Å². The topological polar surface area (TPSA) is 15.3 Å². The van der Waals surface area contributed by atoms with Crippen LogP contribution in [0, 0.1) is 0 Å². The zero-order valence-corrected chi connectivity index (χ0v) is 9.51. The first-order valence-electron chi connectivity index (χ1n) is 5.79. The van der Waals surface area contributed by atoms with E-state index < -0.39 is 0 Å². The van der Waals surface area contributed by atoms with Gasteiger partial charge in [-0.25, -0.2) is 0 Å². The van der Waals surface area contributed by atoms with Crippen molar-refractivity contribution in [2.75, 3.05) is 32.5 Å². The molecule has 1 N–H and O–H groups in total. The van der Waals surface area contributed by atoms with Gasteiger partial charge in [-0.15, -0.1) is 0 Å². The van der Waals surface area contributed by atoms with Gasteiger partial charge in [0.2, 0.25) is 0 Å². The van der Waals surface area contributed by atoms with Crippen LogP contribution < -0.4 is 5.32 Å². The summed E-state index contributed by atoms with van der Waals surface area (Å²) in [7, 11) is 4.33. The number of likely N-dealkylation sites (N-methyl/N-ethyl adjacent to an activating group) is 1. The van der Waals surface area contributed by atoms with Crippen LogP contribution in [0.15, 0.2) is 12.1 Å². The van der Waals surface area contributed by atoms with Crippen molar-refractivity contribution in [3.63, 3.8) is 0 Å². The molecule has 2 heteroatoms. The Balaban J connectivity index is 1.94. The van der Waals surface area contributed by atoms with Gasteiger partial charge in [-0.05, 0) is 49.7 Å². The summed E-state index contributed by atoms with van der Waals surface area (Å²) >= 11 is 0. The number of hydrogen-bond acceptors (Lipinski definition) is 2. The van der Waals surface area contributed by atoms with E-state index in [-0.39, 0.29) is 0 Å². The van der Waals surface area contributed by atoms with Crippen molar-refractivity contribution in [2.45, 2.75) is 18.8 Å². The third-order valence-electron chi connectivity index (χ3n) is 3.60. The molecule has 1 aromatic carbocycles. The number of hydrogen-bond donors (Lipinski definition) is 1. The van der Waals surface area contributed by atoms with Crippen molar-refractivity contribution < 1.29 is 0 Å². The number of nitrogens with zero attached hydrogens (tertiary/aromatic N) is 1. The molecule has 0 fully saturated rings. The molecule has 0 amide bonds. The molecule has 0 bridgehead atoms. The maximum Gasteiger partial charge on any atom is 0.0376 e. The van der Waals surface area contributed by atoms with Gasteiger partial charge < -0.3 is 10.2 Å². The fourth-order valence-electron chi connectivity index (χ4n) is 2.99. The number of fused-ring (bicyclic) bond motifs is 3. The molecule has 0 radical (unpaired) electrons. The average molecular weight is 202 g/mol. The summed E-state index contributed by atoms with van der Waals surface area (Å²) in [5.41, 5.74) is 6.23. The van der Waals surface area contributed by atoms with Crippen LogP contribution in [0.25, 0.3) is 0 Å². The van der Waals surface area contributed by atoms with Crippen LogP contribution in [0.4, 0.5) is 5.69 Å². The van der Waals surface area contributed by atoms with Crippen LogP contribution in [-0.4, -0.2) is 32.1 Å². The summed E-state index contributed by atoms with van der Waals surface area (Å²) in [4.78, 5) is 2.30. The van der Waals surface area contributed by atoms with Crippen molar-refractivity contribution in [2.24, 2.45) is 0 Å². The van der Waals surface area contributed by atoms with Gasteiger partial charge in [0.15, 0.2) is 0 Å². The molecule has 1 atom stereocenters. The van der Waals surface area contributed by atoms with Gasteiger partial charge in [0, 0.05) is 24.7 Å². The predicted octanol–water partition coefficient (Wildman–Crippen LogP) is 1.86. The Morgan fingerprint density at radius 3 is 3.07 bits per heavy atom. The van der Waals surface area contributed by atoms with Gasteiger partial charge in [0.05, 0.1) is 0 Å². The van der Waals surface area contributed by atoms with E-state index in [0.29, 0.717) is 0 Å². The summed E-state index contributed by atoms with van der Waals surface area (Å²) in [6.45, 7) is 2.32. The largest absolute Gasteiger partial charge is 0.384 e. The van der Waals surface area contributed by atoms with Gasteiger partial charge in [0.1, 0.15) is 0 Å². The summed E-state index contributed by atoms with van der Waals surface area (Å²) < 4.78 is 0. The van der Waals surface area contributed by atoms with Crippen molar-refractivity contribution >= 4 is 5.69 Å². The van der Waals surface area contributed by atoms with Crippen LogP contribution in [0.2, 0.25) is 0 Å². The lowest BCUT2D eigenvalue weighted by Crippen LogP contribution is -2.29. The smallest absolute Gasteiger partial charge is 0.0376 e. The molecule has 1 unspecified atom stereocenters. The molecule has 1 heterocycles. The highest BCUT2D eigenvalue weighted by atomic mass is 15.1. The van der Waals surface area contributed by atoms with Crippen LogP contribution >= 0.6 is 0 Å². The molecule has 2 nitrogen and oxygen atoms in total. The summed E-state index contributed by atoms with van der Waals surface area (Å²) in [6, 6.07) is 4.56. The Morgan fingerprint density at radius 1 is 1.40 bits per heavy atom. The third-order valence-corrected chi connectivity index (χ3v) is 3.60. The second kappa shape index (κ2) is 3.24. The standard InChI is InChI=1S/C13H18N2/c1-15(2)8-10-7-9-3-4-12-11(13(9)10)5-6-14-12/h3-4,10,14H,5-8H2,1-2H3. The lowest BCUT2D eigenvalue weighted by Gasteiger charge is -2.34. The van der Waals surface area contributed by atoms with Gasteiger partial charge in [-0.2, -0.15) is 0 Å². The minimum atomic E-state index is 0.782. The number of benzene rings is 1. The maximum absolute atomic E-state index is 3.46. The molecule has 80 valence electrons. The van der Waals surface area contributed by atoms with Crippen LogP contribution in [-0.2, 0) is 12.8 Å². The predicted molar refractivity (Wildman–Crippen MR) is 63.6 cm³/mol. The molecule has 1 aliphatic heterocycles. The van der Waals surface area contributed by atoms with Crippen LogP contribution in [0.3, 0.4) is 0 Å². The van der Waals surface area contributed by atoms with Gasteiger partial charge in [0.25, 0.3) is 0 Å². The quantitative estimate of drug-likeness (QED) is 0.787. The van der Waals surface area contributed by atoms with E-state index >= 15 is 0 Å². The summed E-state index contributed by atoms with van der Waals surface area (Å²) in [5.74, 6) is 0.782. The summed E-state index contributed by atoms with van der Waals surface area (Å²) in [5, 5.41) is 3.46. The van der Waals surface area contributed by atoms with Gasteiger partial charge >= 0.3 is 0 Å². The molecule has 0 spiro atoms. The fourth-order valence-corrected chi connectivity index (χ4v) is 2.99. The minimum Gasteiger partial charge on any atom is -0.384 e. The van der Waals surface area contributed by atoms with E-state index in [4.69, 9.17) is 0 Å². The molecule has 1 aromatic rings. The van der Waals surface area contributed by atoms with Crippen molar-refractivity contribution in [1.29, 1.82) is 0 Å². The molecule has 1 aliphatic carbocycles. The van der Waals surface area contributed by atoms with Crippen molar-refractivity contribution in [3.05, 3.63) is 28.8 Å². The van der Waals surface area contributed by atoms with E-state index in [1.165, 1.54) is 25.1 Å². The Morgan fingerprint density at radius 2 is 2.27 bits per heavy atom. The van der Waals surface area contributed by atoms with Crippen LogP contribution in [0.5, 0.6) is 0 Å². The Bertz CT molecular complexity index is 396. The zero-order valence-electron chi connectivity index (χ0n) is 9.51. The first-order chi connectivity index (χ1) is 7.25. The molecule has 15 heavy (non-hydrogen) atoms. The normalized spacial score (nSPS) is 21.9. The molecule has 0 saturated carbocycles. The number of nitrogens with one attached hydrogen (secondary N) is 1. The summed E-state index contributed by atoms with van der Waals surface area (Å²) in [6.07, 6.45) is 2.50. The third kappa shape index (κ3) is 1.36. The Hall–Kier alpha value is -1.02. The van der Waals surface area contributed by atoms with Crippen LogP contribution in [0.1, 0.15) is 22.6 Å². The van der Waals surface area contributed by atoms with E-state index in [0.717, 1.165) is 12.5 Å². The lowest BCUT2D eigenvalue weighted by atomic mass is 9.74. The number of anilines is 1. The molecule has 2 aliphatic rings. The second-order valence-electron chi connectivity index (χ2n) is 5.00. The van der Waals surface area contributed by atoms with Gasteiger partial charge in [-0.1, -0.05) is 6.07 Å². The first-order valence-corrected chi connectivity index (χ1v) is 5.79. The van der Waals surface area contributed by atoms with E-state index in [1.54, 1.807) is 16.7 Å². The molecule has 3 rings (SSSR count). The Kier molecular flexibility index (Phi) is 1.99. The molecular formula is C13H18N2. The van der Waals surface area contributed by atoms with Gasteiger partial charge in [-0.3, -0.25) is 0 Å². The first kappa shape index (κ1) is 9.22. The Labute approximate surface area is 91.3 Å². The monoisotopic (exact) mass is 202 g/mol. The van der Waals surface area contributed by atoms with Crippen molar-refractivity contribution in [1.82, 2.24) is 4.90 Å². The zero-order chi connectivity index (χ0) is 10.4. The van der Waals surface area contributed by atoms with Crippen molar-refractivity contribution in [3.8, 4) is 0 Å². The lowest BCUT2D eigenvalue weighted by molar-refractivity contribution is 0.355. The maximum atomic E-state index is 3.46. The molecular weight excluding hydrogens is 184 g/mol. The average Bonchev–Trinajstić information content (AvgIpc) is 2.58. The molecule has 0 aromatic heterocycles. The highest BCUT2D eigenvalue weighted by Gasteiger charge is 2.31.